The minimum absolute atomic E-state index is 0.186. The lowest BCUT2D eigenvalue weighted by atomic mass is 10.2. The third-order valence-electron chi connectivity index (χ3n) is 4.60. The summed E-state index contributed by atoms with van der Waals surface area (Å²) < 4.78 is 11.1. The number of ether oxygens (including phenoxy) is 2. The van der Waals surface area contributed by atoms with Gasteiger partial charge in [-0.05, 0) is 11.6 Å². The number of thioether (sulfide) groups is 1. The lowest BCUT2D eigenvalue weighted by Crippen LogP contribution is -2.17. The van der Waals surface area contributed by atoms with Gasteiger partial charge in [0.05, 0.1) is 16.5 Å². The maximum atomic E-state index is 12.6. The van der Waals surface area contributed by atoms with Gasteiger partial charge >= 0.3 is 0 Å². The molecule has 9 heteroatoms. The summed E-state index contributed by atoms with van der Waals surface area (Å²) in [6.45, 7) is 0.945. The summed E-state index contributed by atoms with van der Waals surface area (Å²) in [6, 6.07) is 15.6. The van der Waals surface area contributed by atoms with Crippen molar-refractivity contribution in [1.29, 1.82) is 0 Å². The Morgan fingerprint density at radius 1 is 1.10 bits per heavy atom. The number of benzene rings is 2. The Bertz CT molecular complexity index is 1260. The van der Waals surface area contributed by atoms with Crippen molar-refractivity contribution in [2.75, 3.05) is 24.3 Å². The number of hydrogen-bond donors (Lipinski definition) is 1. The second kappa shape index (κ2) is 8.74. The van der Waals surface area contributed by atoms with Crippen molar-refractivity contribution in [3.05, 3.63) is 59.9 Å². The molecular formula is C22H16ClN3O3S2. The van der Waals surface area contributed by atoms with Crippen LogP contribution in [-0.2, 0) is 4.79 Å². The molecule has 5 rings (SSSR count). The Hall–Kier alpha value is -2.81. The zero-order valence-corrected chi connectivity index (χ0v) is 18.5. The number of carbonyl (C=O) groups excluding carboxylic acids is 1. The van der Waals surface area contributed by atoms with Crippen LogP contribution in [0.4, 0.5) is 5.69 Å². The summed E-state index contributed by atoms with van der Waals surface area (Å²) in [5.74, 6) is 1.16. The number of nitrogens with zero attached hydrogens (tertiary/aromatic N) is 2. The average molecular weight is 470 g/mol. The Morgan fingerprint density at radius 2 is 1.87 bits per heavy atom. The highest BCUT2D eigenvalue weighted by atomic mass is 35.5. The summed E-state index contributed by atoms with van der Waals surface area (Å²) >= 11 is 9.26. The predicted octanol–water partition coefficient (Wildman–Crippen LogP) is 5.51. The van der Waals surface area contributed by atoms with Gasteiger partial charge in [0.1, 0.15) is 29.4 Å². The van der Waals surface area contributed by atoms with Gasteiger partial charge < -0.3 is 14.8 Å². The molecule has 31 heavy (non-hydrogen) atoms. The molecule has 0 bridgehead atoms. The predicted molar refractivity (Wildman–Crippen MR) is 125 cm³/mol. The second-order valence-corrected chi connectivity index (χ2v) is 9.09. The molecule has 0 unspecified atom stereocenters. The Balaban J connectivity index is 1.31. The van der Waals surface area contributed by atoms with Crippen molar-refractivity contribution >= 4 is 56.5 Å². The standard InChI is InChI=1S/C22H16ClN3O3S2/c23-15-9-17-18(29-7-6-28-17)10-16(15)26-20(27)11-30-21-14-8-19(13-4-2-1-3-5-13)31-22(14)25-12-24-21/h1-5,8-10,12H,6-7,11H2,(H,26,27). The summed E-state index contributed by atoms with van der Waals surface area (Å²) in [4.78, 5) is 23.3. The first kappa shape index (κ1) is 20.1. The summed E-state index contributed by atoms with van der Waals surface area (Å²) in [7, 11) is 0. The van der Waals surface area contributed by atoms with Crippen LogP contribution in [-0.4, -0.2) is 34.8 Å². The fraction of sp³-hybridized carbons (Fsp3) is 0.136. The van der Waals surface area contributed by atoms with Gasteiger partial charge in [-0.15, -0.1) is 11.3 Å². The summed E-state index contributed by atoms with van der Waals surface area (Å²) in [5.41, 5.74) is 1.62. The highest BCUT2D eigenvalue weighted by Crippen LogP contribution is 2.39. The van der Waals surface area contributed by atoms with E-state index in [1.165, 1.54) is 18.1 Å². The molecule has 0 spiro atoms. The molecule has 1 N–H and O–H groups in total. The van der Waals surface area contributed by atoms with Crippen molar-refractivity contribution in [3.8, 4) is 21.9 Å². The molecule has 3 heterocycles. The number of rotatable bonds is 5. The van der Waals surface area contributed by atoms with Gasteiger partial charge in [-0.1, -0.05) is 53.7 Å². The van der Waals surface area contributed by atoms with Gasteiger partial charge in [0.2, 0.25) is 5.91 Å². The van der Waals surface area contributed by atoms with Crippen LogP contribution in [0, 0.1) is 0 Å². The number of amides is 1. The third-order valence-corrected chi connectivity index (χ3v) is 7.01. The van der Waals surface area contributed by atoms with Gasteiger partial charge in [-0.3, -0.25) is 4.79 Å². The van der Waals surface area contributed by atoms with Gasteiger partial charge in [0, 0.05) is 22.4 Å². The number of anilines is 1. The first-order valence-electron chi connectivity index (χ1n) is 9.49. The van der Waals surface area contributed by atoms with Crippen LogP contribution in [0.1, 0.15) is 0 Å². The molecule has 1 amide bonds. The van der Waals surface area contributed by atoms with E-state index < -0.39 is 0 Å². The molecule has 0 saturated heterocycles. The van der Waals surface area contributed by atoms with Crippen LogP contribution in [0.25, 0.3) is 20.7 Å². The van der Waals surface area contributed by atoms with E-state index >= 15 is 0 Å². The maximum Gasteiger partial charge on any atom is 0.234 e. The zero-order chi connectivity index (χ0) is 21.2. The van der Waals surface area contributed by atoms with E-state index in [4.69, 9.17) is 21.1 Å². The molecule has 0 saturated carbocycles. The summed E-state index contributed by atoms with van der Waals surface area (Å²) in [6.07, 6.45) is 1.53. The molecule has 0 atom stereocenters. The molecule has 1 aliphatic rings. The van der Waals surface area contributed by atoms with Crippen molar-refractivity contribution in [2.24, 2.45) is 0 Å². The highest BCUT2D eigenvalue weighted by Gasteiger charge is 2.17. The van der Waals surface area contributed by atoms with E-state index in [0.29, 0.717) is 35.4 Å². The van der Waals surface area contributed by atoms with Crippen LogP contribution in [0.3, 0.4) is 0 Å². The lowest BCUT2D eigenvalue weighted by Gasteiger charge is -2.20. The van der Waals surface area contributed by atoms with E-state index in [2.05, 4.69) is 33.5 Å². The number of fused-ring (bicyclic) bond motifs is 2. The van der Waals surface area contributed by atoms with Crippen molar-refractivity contribution < 1.29 is 14.3 Å². The third kappa shape index (κ3) is 4.32. The van der Waals surface area contributed by atoms with Crippen molar-refractivity contribution in [2.45, 2.75) is 5.03 Å². The number of hydrogen-bond acceptors (Lipinski definition) is 7. The molecule has 1 aliphatic heterocycles. The molecule has 4 aromatic rings. The number of thiophene rings is 1. The fourth-order valence-corrected chi connectivity index (χ4v) is 5.22. The number of carbonyl (C=O) groups is 1. The smallest absolute Gasteiger partial charge is 0.234 e. The summed E-state index contributed by atoms with van der Waals surface area (Å²) in [5, 5.41) is 4.96. The van der Waals surface area contributed by atoms with Crippen LogP contribution < -0.4 is 14.8 Å². The Morgan fingerprint density at radius 3 is 2.68 bits per heavy atom. The fourth-order valence-electron chi connectivity index (χ4n) is 3.17. The molecule has 2 aromatic carbocycles. The number of aromatic nitrogens is 2. The van der Waals surface area contributed by atoms with E-state index in [1.807, 2.05) is 18.2 Å². The van der Waals surface area contributed by atoms with Crippen LogP contribution in [0.5, 0.6) is 11.5 Å². The molecule has 0 fully saturated rings. The monoisotopic (exact) mass is 469 g/mol. The van der Waals surface area contributed by atoms with Gasteiger partial charge in [-0.2, -0.15) is 0 Å². The minimum atomic E-state index is -0.186. The van der Waals surface area contributed by atoms with Crippen LogP contribution in [0.2, 0.25) is 5.02 Å². The first-order chi connectivity index (χ1) is 15.2. The van der Waals surface area contributed by atoms with E-state index in [9.17, 15) is 4.79 Å². The highest BCUT2D eigenvalue weighted by molar-refractivity contribution is 8.00. The Labute approximate surface area is 191 Å². The van der Waals surface area contributed by atoms with E-state index in [0.717, 1.165) is 25.7 Å². The first-order valence-corrected chi connectivity index (χ1v) is 11.7. The lowest BCUT2D eigenvalue weighted by molar-refractivity contribution is -0.113. The maximum absolute atomic E-state index is 12.6. The van der Waals surface area contributed by atoms with Gasteiger partial charge in [0.25, 0.3) is 0 Å². The zero-order valence-electron chi connectivity index (χ0n) is 16.1. The van der Waals surface area contributed by atoms with Crippen molar-refractivity contribution in [3.63, 3.8) is 0 Å². The largest absolute Gasteiger partial charge is 0.486 e. The molecule has 0 aliphatic carbocycles. The number of halogens is 1. The normalized spacial score (nSPS) is 12.7. The van der Waals surface area contributed by atoms with Gasteiger partial charge in [-0.25, -0.2) is 9.97 Å². The Kier molecular flexibility index (Phi) is 5.67. The van der Waals surface area contributed by atoms with E-state index in [1.54, 1.807) is 23.5 Å². The van der Waals surface area contributed by atoms with Gasteiger partial charge in [0.15, 0.2) is 11.5 Å². The quantitative estimate of drug-likeness (QED) is 0.307. The van der Waals surface area contributed by atoms with Crippen LogP contribution in [0.15, 0.2) is 59.9 Å². The topological polar surface area (TPSA) is 73.3 Å². The second-order valence-electron chi connectivity index (χ2n) is 6.69. The average Bonchev–Trinajstić information content (AvgIpc) is 3.24. The molecule has 2 aromatic heterocycles. The van der Waals surface area contributed by atoms with Crippen molar-refractivity contribution in [1.82, 2.24) is 9.97 Å². The van der Waals surface area contributed by atoms with Crippen LogP contribution >= 0.6 is 34.7 Å². The molecule has 156 valence electrons. The minimum Gasteiger partial charge on any atom is -0.486 e. The number of nitrogens with one attached hydrogen (secondary N) is 1. The molecule has 0 radical (unpaired) electrons. The van der Waals surface area contributed by atoms with E-state index in [-0.39, 0.29) is 11.7 Å². The SMILES string of the molecule is O=C(CSc1ncnc2sc(-c3ccccc3)cc12)Nc1cc2c(cc1Cl)OCCO2. The molecular weight excluding hydrogens is 454 g/mol. The molecule has 6 nitrogen and oxygen atoms in total.